The van der Waals surface area contributed by atoms with E-state index >= 15 is 0 Å². The Hall–Kier alpha value is -1.07. The lowest BCUT2D eigenvalue weighted by Gasteiger charge is -2.00. The Kier molecular flexibility index (Phi) is 2.20. The fraction of sp³-hybridized carbons (Fsp3) is 0. The summed E-state index contributed by atoms with van der Waals surface area (Å²) in [5.74, 6) is -1.30. The van der Waals surface area contributed by atoms with Crippen LogP contribution in [0.15, 0.2) is 22.0 Å². The number of thiophene rings is 1. The molecule has 0 spiro atoms. The fourth-order valence-corrected chi connectivity index (χ4v) is 2.97. The van der Waals surface area contributed by atoms with E-state index in [2.05, 4.69) is 15.9 Å². The van der Waals surface area contributed by atoms with Gasteiger partial charge in [-0.1, -0.05) is 0 Å². The summed E-state index contributed by atoms with van der Waals surface area (Å²) >= 11 is 4.61. The highest BCUT2D eigenvalue weighted by molar-refractivity contribution is 9.10. The predicted molar refractivity (Wildman–Crippen MR) is 58.1 cm³/mol. The SMILES string of the molecule is O=C(O)c1c(O)ccc2c(Br)csc12. The topological polar surface area (TPSA) is 57.5 Å². The Morgan fingerprint density at radius 3 is 2.79 bits per heavy atom. The van der Waals surface area contributed by atoms with Gasteiger partial charge in [0.25, 0.3) is 0 Å². The van der Waals surface area contributed by atoms with Crippen molar-refractivity contribution in [3.8, 4) is 5.75 Å². The molecule has 1 heterocycles. The van der Waals surface area contributed by atoms with Crippen molar-refractivity contribution in [1.29, 1.82) is 0 Å². The van der Waals surface area contributed by atoms with Gasteiger partial charge in [0.15, 0.2) is 0 Å². The Labute approximate surface area is 91.7 Å². The molecule has 0 atom stereocenters. The zero-order valence-electron chi connectivity index (χ0n) is 6.82. The van der Waals surface area contributed by atoms with Gasteiger partial charge in [0.2, 0.25) is 0 Å². The minimum Gasteiger partial charge on any atom is -0.507 e. The van der Waals surface area contributed by atoms with Gasteiger partial charge in [-0.2, -0.15) is 0 Å². The summed E-state index contributed by atoms with van der Waals surface area (Å²) in [5.41, 5.74) is -0.0294. The molecule has 0 aliphatic heterocycles. The van der Waals surface area contributed by atoms with Gasteiger partial charge in [0.05, 0.1) is 4.70 Å². The monoisotopic (exact) mass is 272 g/mol. The Morgan fingerprint density at radius 2 is 2.14 bits per heavy atom. The molecule has 2 N–H and O–H groups in total. The standard InChI is InChI=1S/C9H5BrO3S/c10-5-3-14-8-4(5)1-2-6(11)7(8)9(12)13/h1-3,11H,(H,12,13). The second-order valence-corrected chi connectivity index (χ2v) is 4.46. The number of hydrogen-bond acceptors (Lipinski definition) is 3. The molecule has 0 aliphatic carbocycles. The van der Waals surface area contributed by atoms with Crippen molar-refractivity contribution < 1.29 is 15.0 Å². The number of carboxylic acids is 1. The second kappa shape index (κ2) is 3.25. The molecule has 0 radical (unpaired) electrons. The van der Waals surface area contributed by atoms with Gasteiger partial charge < -0.3 is 10.2 Å². The van der Waals surface area contributed by atoms with Crippen LogP contribution < -0.4 is 0 Å². The van der Waals surface area contributed by atoms with Crippen LogP contribution in [0.1, 0.15) is 10.4 Å². The van der Waals surface area contributed by atoms with Crippen LogP contribution in [0.25, 0.3) is 10.1 Å². The summed E-state index contributed by atoms with van der Waals surface area (Å²) in [6, 6.07) is 3.08. The summed E-state index contributed by atoms with van der Waals surface area (Å²) in [6.07, 6.45) is 0. The maximum absolute atomic E-state index is 10.9. The minimum atomic E-state index is -1.11. The van der Waals surface area contributed by atoms with Crippen LogP contribution in [-0.2, 0) is 0 Å². The Bertz CT molecular complexity index is 518. The lowest BCUT2D eigenvalue weighted by atomic mass is 10.1. The molecule has 72 valence electrons. The molecule has 1 aromatic heterocycles. The molecule has 3 nitrogen and oxygen atoms in total. The molecule has 1 aromatic carbocycles. The quantitative estimate of drug-likeness (QED) is 0.839. The van der Waals surface area contributed by atoms with E-state index in [1.54, 1.807) is 11.4 Å². The number of aromatic hydroxyl groups is 1. The molecule has 2 rings (SSSR count). The lowest BCUT2D eigenvalue weighted by molar-refractivity contribution is 0.0696. The van der Waals surface area contributed by atoms with Gasteiger partial charge in [-0.25, -0.2) is 4.79 Å². The van der Waals surface area contributed by atoms with E-state index < -0.39 is 5.97 Å². The van der Waals surface area contributed by atoms with Gasteiger partial charge in [0.1, 0.15) is 11.3 Å². The number of aromatic carboxylic acids is 1. The normalized spacial score (nSPS) is 10.6. The van der Waals surface area contributed by atoms with Gasteiger partial charge in [-0.15, -0.1) is 11.3 Å². The molecule has 0 saturated heterocycles. The highest BCUT2D eigenvalue weighted by Gasteiger charge is 2.16. The molecule has 0 aliphatic rings. The van der Waals surface area contributed by atoms with E-state index in [0.29, 0.717) is 4.70 Å². The number of hydrogen-bond donors (Lipinski definition) is 2. The van der Waals surface area contributed by atoms with Crippen molar-refractivity contribution in [3.63, 3.8) is 0 Å². The summed E-state index contributed by atoms with van der Waals surface area (Å²) in [5, 5.41) is 20.9. The first-order chi connectivity index (χ1) is 6.61. The molecule has 0 amide bonds. The number of carbonyl (C=O) groups is 1. The molecule has 2 aromatic rings. The number of phenols is 1. The van der Waals surface area contributed by atoms with Crippen LogP contribution in [0.2, 0.25) is 0 Å². The zero-order valence-corrected chi connectivity index (χ0v) is 9.22. The first-order valence-electron chi connectivity index (χ1n) is 3.73. The number of benzene rings is 1. The average Bonchev–Trinajstić information content (AvgIpc) is 2.47. The van der Waals surface area contributed by atoms with Crippen LogP contribution in [0.3, 0.4) is 0 Å². The van der Waals surface area contributed by atoms with Gasteiger partial charge in [-0.3, -0.25) is 0 Å². The fourth-order valence-electron chi connectivity index (χ4n) is 1.26. The van der Waals surface area contributed by atoms with Crippen LogP contribution in [-0.4, -0.2) is 16.2 Å². The number of halogens is 1. The third-order valence-corrected chi connectivity index (χ3v) is 3.86. The Morgan fingerprint density at radius 1 is 1.43 bits per heavy atom. The number of fused-ring (bicyclic) bond motifs is 1. The van der Waals surface area contributed by atoms with Gasteiger partial charge >= 0.3 is 5.97 Å². The van der Waals surface area contributed by atoms with Crippen molar-refractivity contribution in [1.82, 2.24) is 0 Å². The predicted octanol–water partition coefficient (Wildman–Crippen LogP) is 3.07. The van der Waals surface area contributed by atoms with Crippen LogP contribution in [0.5, 0.6) is 5.75 Å². The van der Waals surface area contributed by atoms with E-state index in [9.17, 15) is 9.90 Å². The summed E-state index contributed by atoms with van der Waals surface area (Å²) < 4.78 is 1.43. The highest BCUT2D eigenvalue weighted by atomic mass is 79.9. The van der Waals surface area contributed by atoms with Crippen molar-refractivity contribution in [2.45, 2.75) is 0 Å². The maximum atomic E-state index is 10.9. The summed E-state index contributed by atoms with van der Waals surface area (Å²) in [4.78, 5) is 10.9. The van der Waals surface area contributed by atoms with Crippen molar-refractivity contribution in [3.05, 3.63) is 27.5 Å². The second-order valence-electron chi connectivity index (χ2n) is 2.73. The van der Waals surface area contributed by atoms with Crippen LogP contribution in [0, 0.1) is 0 Å². The smallest absolute Gasteiger partial charge is 0.340 e. The van der Waals surface area contributed by atoms with Crippen molar-refractivity contribution >= 4 is 43.3 Å². The molecule has 5 heteroatoms. The van der Waals surface area contributed by atoms with Crippen molar-refractivity contribution in [2.24, 2.45) is 0 Å². The molecule has 0 fully saturated rings. The largest absolute Gasteiger partial charge is 0.507 e. The zero-order chi connectivity index (χ0) is 10.3. The van der Waals surface area contributed by atoms with E-state index in [1.807, 2.05) is 0 Å². The molecular formula is C9H5BrO3S. The first-order valence-corrected chi connectivity index (χ1v) is 5.40. The average molecular weight is 273 g/mol. The minimum absolute atomic E-state index is 0.0294. The van der Waals surface area contributed by atoms with E-state index in [-0.39, 0.29) is 11.3 Å². The summed E-state index contributed by atoms with van der Waals surface area (Å²) in [6.45, 7) is 0. The van der Waals surface area contributed by atoms with Gasteiger partial charge in [-0.05, 0) is 28.1 Å². The van der Waals surface area contributed by atoms with E-state index in [0.717, 1.165) is 9.86 Å². The van der Waals surface area contributed by atoms with E-state index in [4.69, 9.17) is 5.11 Å². The molecule has 0 bridgehead atoms. The maximum Gasteiger partial charge on any atom is 0.340 e. The van der Waals surface area contributed by atoms with Gasteiger partial charge in [0, 0.05) is 15.2 Å². The molecule has 14 heavy (non-hydrogen) atoms. The van der Waals surface area contributed by atoms with Crippen molar-refractivity contribution in [2.75, 3.05) is 0 Å². The summed E-state index contributed by atoms with van der Waals surface area (Å²) in [7, 11) is 0. The molecular weight excluding hydrogens is 268 g/mol. The molecule has 0 saturated carbocycles. The Balaban J connectivity index is 2.90. The third-order valence-electron chi connectivity index (χ3n) is 1.89. The first kappa shape index (κ1) is 9.48. The van der Waals surface area contributed by atoms with Crippen LogP contribution >= 0.6 is 27.3 Å². The number of rotatable bonds is 1. The highest BCUT2D eigenvalue weighted by Crippen LogP contribution is 2.36. The third kappa shape index (κ3) is 1.29. The van der Waals surface area contributed by atoms with Crippen LogP contribution in [0.4, 0.5) is 0 Å². The number of carboxylic acid groups (broad SMARTS) is 1. The lowest BCUT2D eigenvalue weighted by Crippen LogP contribution is -1.96. The van der Waals surface area contributed by atoms with E-state index in [1.165, 1.54) is 17.4 Å². The molecule has 0 unspecified atom stereocenters.